The maximum absolute atomic E-state index is 13.2. The topological polar surface area (TPSA) is 88.1 Å². The van der Waals surface area contributed by atoms with E-state index in [1.807, 2.05) is 53.4 Å². The summed E-state index contributed by atoms with van der Waals surface area (Å²) in [5.41, 5.74) is 2.14. The van der Waals surface area contributed by atoms with Crippen molar-refractivity contribution in [3.05, 3.63) is 66.2 Å². The van der Waals surface area contributed by atoms with Crippen molar-refractivity contribution in [2.75, 3.05) is 58.4 Å². The molecule has 0 bridgehead atoms. The van der Waals surface area contributed by atoms with Crippen LogP contribution in [0, 0.1) is 5.92 Å². The third kappa shape index (κ3) is 7.04. The van der Waals surface area contributed by atoms with Crippen LogP contribution in [0.1, 0.15) is 30.6 Å². The van der Waals surface area contributed by atoms with Crippen LogP contribution in [-0.4, -0.2) is 85.3 Å². The first-order chi connectivity index (χ1) is 18.9. The number of anilines is 1. The first kappa shape index (κ1) is 27.9. The highest BCUT2D eigenvalue weighted by Crippen LogP contribution is 2.32. The molecule has 9 nitrogen and oxygen atoms in total. The summed E-state index contributed by atoms with van der Waals surface area (Å²) in [6.45, 7) is 7.29. The molecule has 0 radical (unpaired) electrons. The lowest BCUT2D eigenvalue weighted by Gasteiger charge is -2.36. The average Bonchev–Trinajstić information content (AvgIpc) is 2.99. The number of hydrogen-bond donors (Lipinski definition) is 0. The van der Waals surface area contributed by atoms with E-state index in [-0.39, 0.29) is 18.4 Å². The van der Waals surface area contributed by atoms with Gasteiger partial charge in [-0.15, -0.1) is 10.2 Å². The standard InChI is InChI=1S/C30H37N5O4/c1-22(2)14-15-35(30(37)23-8-6-5-7-9-23)21-29(36)34-18-16-33(17-19-34)28-13-12-26(31-32-28)25-11-10-24(38-3)20-27(25)39-4/h5-13,20,22H,14-19,21H2,1-4H3. The normalized spacial score (nSPS) is 13.4. The van der Waals surface area contributed by atoms with Crippen LogP contribution in [-0.2, 0) is 4.79 Å². The van der Waals surface area contributed by atoms with Gasteiger partial charge in [-0.25, -0.2) is 0 Å². The van der Waals surface area contributed by atoms with E-state index < -0.39 is 0 Å². The predicted octanol–water partition coefficient (Wildman–Crippen LogP) is 4.00. The number of hydrogen-bond acceptors (Lipinski definition) is 7. The van der Waals surface area contributed by atoms with Gasteiger partial charge in [-0.3, -0.25) is 9.59 Å². The van der Waals surface area contributed by atoms with Crippen LogP contribution < -0.4 is 14.4 Å². The minimum atomic E-state index is -0.105. The molecule has 1 fully saturated rings. The van der Waals surface area contributed by atoms with Crippen LogP contribution in [0.25, 0.3) is 11.3 Å². The van der Waals surface area contributed by atoms with Crippen molar-refractivity contribution in [1.29, 1.82) is 0 Å². The molecule has 0 spiro atoms. The Hall–Kier alpha value is -4.14. The Kier molecular flexibility index (Phi) is 9.35. The highest BCUT2D eigenvalue weighted by molar-refractivity contribution is 5.96. The fraction of sp³-hybridized carbons (Fsp3) is 0.400. The fourth-order valence-electron chi connectivity index (χ4n) is 4.53. The van der Waals surface area contributed by atoms with Gasteiger partial charge in [0.1, 0.15) is 18.0 Å². The largest absolute Gasteiger partial charge is 0.497 e. The van der Waals surface area contributed by atoms with E-state index in [0.717, 1.165) is 17.8 Å². The van der Waals surface area contributed by atoms with Crippen molar-refractivity contribution in [3.8, 4) is 22.8 Å². The predicted molar refractivity (Wildman–Crippen MR) is 151 cm³/mol. The molecule has 3 aromatic rings. The van der Waals surface area contributed by atoms with Gasteiger partial charge >= 0.3 is 0 Å². The SMILES string of the molecule is COc1ccc(-c2ccc(N3CCN(C(=O)CN(CCC(C)C)C(=O)c4ccccc4)CC3)nn2)c(OC)c1. The van der Waals surface area contributed by atoms with Gasteiger partial charge in [0, 0.05) is 49.9 Å². The maximum Gasteiger partial charge on any atom is 0.254 e. The quantitative estimate of drug-likeness (QED) is 0.391. The highest BCUT2D eigenvalue weighted by atomic mass is 16.5. The molecule has 0 atom stereocenters. The number of aromatic nitrogens is 2. The molecular formula is C30H37N5O4. The van der Waals surface area contributed by atoms with E-state index in [9.17, 15) is 9.59 Å². The van der Waals surface area contributed by atoms with Gasteiger partial charge in [-0.1, -0.05) is 32.0 Å². The molecule has 9 heteroatoms. The zero-order valence-electron chi connectivity index (χ0n) is 23.2. The van der Waals surface area contributed by atoms with Crippen LogP contribution in [0.2, 0.25) is 0 Å². The second-order valence-electron chi connectivity index (χ2n) is 9.99. The maximum atomic E-state index is 13.2. The van der Waals surface area contributed by atoms with E-state index in [0.29, 0.717) is 61.4 Å². The summed E-state index contributed by atoms with van der Waals surface area (Å²) in [6, 6.07) is 18.6. The van der Waals surface area contributed by atoms with Crippen LogP contribution in [0.3, 0.4) is 0 Å². The number of benzene rings is 2. The minimum Gasteiger partial charge on any atom is -0.497 e. The van der Waals surface area contributed by atoms with E-state index in [4.69, 9.17) is 9.47 Å². The molecule has 1 aromatic heterocycles. The number of amides is 2. The summed E-state index contributed by atoms with van der Waals surface area (Å²) < 4.78 is 10.8. The first-order valence-corrected chi connectivity index (χ1v) is 13.3. The Balaban J connectivity index is 1.36. The molecule has 1 saturated heterocycles. The Morgan fingerprint density at radius 1 is 0.923 bits per heavy atom. The third-order valence-corrected chi connectivity index (χ3v) is 6.90. The second kappa shape index (κ2) is 13.1. The van der Waals surface area contributed by atoms with Crippen molar-refractivity contribution < 1.29 is 19.1 Å². The Labute approximate surface area is 230 Å². The van der Waals surface area contributed by atoms with Gasteiger partial charge in [0.15, 0.2) is 5.82 Å². The molecule has 39 heavy (non-hydrogen) atoms. The first-order valence-electron chi connectivity index (χ1n) is 13.3. The molecule has 0 unspecified atom stereocenters. The summed E-state index contributed by atoms with van der Waals surface area (Å²) in [4.78, 5) is 32.0. The summed E-state index contributed by atoms with van der Waals surface area (Å²) >= 11 is 0. The Bertz CT molecular complexity index is 1240. The molecule has 0 N–H and O–H groups in total. The van der Waals surface area contributed by atoms with Crippen LogP contribution in [0.15, 0.2) is 60.7 Å². The fourth-order valence-corrected chi connectivity index (χ4v) is 4.53. The van der Waals surface area contributed by atoms with Crippen molar-refractivity contribution >= 4 is 17.6 Å². The van der Waals surface area contributed by atoms with Crippen LogP contribution in [0.5, 0.6) is 11.5 Å². The third-order valence-electron chi connectivity index (χ3n) is 6.90. The number of piperazine rings is 1. The summed E-state index contributed by atoms with van der Waals surface area (Å²) in [7, 11) is 3.23. The van der Waals surface area contributed by atoms with E-state index in [1.54, 1.807) is 31.3 Å². The number of methoxy groups -OCH3 is 2. The van der Waals surface area contributed by atoms with Crippen molar-refractivity contribution in [2.45, 2.75) is 20.3 Å². The summed E-state index contributed by atoms with van der Waals surface area (Å²) in [5, 5.41) is 8.87. The second-order valence-corrected chi connectivity index (χ2v) is 9.99. The van der Waals surface area contributed by atoms with Gasteiger partial charge in [-0.2, -0.15) is 0 Å². The minimum absolute atomic E-state index is 0.0317. The number of rotatable bonds is 10. The summed E-state index contributed by atoms with van der Waals surface area (Å²) in [5.74, 6) is 2.43. The molecule has 2 heterocycles. The molecule has 2 amide bonds. The highest BCUT2D eigenvalue weighted by Gasteiger charge is 2.26. The summed E-state index contributed by atoms with van der Waals surface area (Å²) in [6.07, 6.45) is 0.844. The van der Waals surface area contributed by atoms with Gasteiger partial charge in [-0.05, 0) is 48.7 Å². The molecule has 2 aromatic carbocycles. The smallest absolute Gasteiger partial charge is 0.254 e. The number of carbonyl (C=O) groups excluding carboxylic acids is 2. The van der Waals surface area contributed by atoms with Crippen molar-refractivity contribution in [3.63, 3.8) is 0 Å². The van der Waals surface area contributed by atoms with Gasteiger partial charge in [0.05, 0.1) is 19.9 Å². The molecule has 1 aliphatic rings. The zero-order valence-corrected chi connectivity index (χ0v) is 23.2. The number of ether oxygens (including phenoxy) is 2. The van der Waals surface area contributed by atoms with Gasteiger partial charge in [0.2, 0.25) is 5.91 Å². The number of carbonyl (C=O) groups is 2. The molecular weight excluding hydrogens is 494 g/mol. The van der Waals surface area contributed by atoms with E-state index in [1.165, 1.54) is 0 Å². The molecule has 0 aliphatic carbocycles. The monoisotopic (exact) mass is 531 g/mol. The lowest BCUT2D eigenvalue weighted by molar-refractivity contribution is -0.132. The van der Waals surface area contributed by atoms with Gasteiger partial charge in [0.25, 0.3) is 5.91 Å². The molecule has 206 valence electrons. The average molecular weight is 532 g/mol. The van der Waals surface area contributed by atoms with E-state index in [2.05, 4.69) is 28.9 Å². The Morgan fingerprint density at radius 3 is 2.28 bits per heavy atom. The van der Waals surface area contributed by atoms with Crippen molar-refractivity contribution in [2.24, 2.45) is 5.92 Å². The number of nitrogens with zero attached hydrogens (tertiary/aromatic N) is 5. The lowest BCUT2D eigenvalue weighted by atomic mass is 10.1. The Morgan fingerprint density at radius 2 is 1.67 bits per heavy atom. The molecule has 0 saturated carbocycles. The van der Waals surface area contributed by atoms with Crippen LogP contribution in [0.4, 0.5) is 5.82 Å². The van der Waals surface area contributed by atoms with Crippen molar-refractivity contribution in [1.82, 2.24) is 20.0 Å². The zero-order chi connectivity index (χ0) is 27.8. The van der Waals surface area contributed by atoms with E-state index >= 15 is 0 Å². The lowest BCUT2D eigenvalue weighted by Crippen LogP contribution is -2.52. The van der Waals surface area contributed by atoms with Crippen LogP contribution >= 0.6 is 0 Å². The molecule has 4 rings (SSSR count). The molecule has 1 aliphatic heterocycles. The van der Waals surface area contributed by atoms with Gasteiger partial charge < -0.3 is 24.2 Å².